The Labute approximate surface area is 160 Å². The van der Waals surface area contributed by atoms with E-state index in [0.29, 0.717) is 52.9 Å². The molecule has 0 aliphatic rings. The van der Waals surface area contributed by atoms with Crippen LogP contribution in [0.15, 0.2) is 0 Å². The summed E-state index contributed by atoms with van der Waals surface area (Å²) in [4.78, 5) is 19.9. The van der Waals surface area contributed by atoms with E-state index in [1.807, 2.05) is 0 Å². The minimum absolute atomic E-state index is 0. The van der Waals surface area contributed by atoms with E-state index >= 15 is 0 Å². The number of carboxylic acid groups (broad SMARTS) is 2. The monoisotopic (exact) mass is 420 g/mol. The predicted octanol–water partition coefficient (Wildman–Crippen LogP) is -0.501. The van der Waals surface area contributed by atoms with Gasteiger partial charge in [-0.05, 0) is 0 Å². The van der Waals surface area contributed by atoms with E-state index in [0.717, 1.165) is 0 Å². The van der Waals surface area contributed by atoms with Crippen LogP contribution in [0.5, 0.6) is 0 Å². The Hall–Kier alpha value is -0.677. The summed E-state index contributed by atoms with van der Waals surface area (Å²) in [5.41, 5.74) is 0. The number of aliphatic carboxylic acids is 2. The number of hydrogen-bond acceptors (Lipinski definition) is 8. The van der Waals surface area contributed by atoms with Gasteiger partial charge in [-0.3, -0.25) is 0 Å². The molecule has 2 N–H and O–H groups in total. The summed E-state index contributed by atoms with van der Waals surface area (Å²) in [5.74, 6) is -1.93. The number of ether oxygens (including phenoxy) is 6. The van der Waals surface area contributed by atoms with Gasteiger partial charge in [-0.1, -0.05) is 0 Å². The van der Waals surface area contributed by atoms with Crippen LogP contribution in [0.1, 0.15) is 0 Å². The van der Waals surface area contributed by atoms with Gasteiger partial charge in [-0.15, -0.1) is 0 Å². The molecule has 10 nitrogen and oxygen atoms in total. The molecule has 0 aliphatic carbocycles. The van der Waals surface area contributed by atoms with Crippen LogP contribution in [0.4, 0.5) is 0 Å². The second-order valence-electron chi connectivity index (χ2n) is 4.10. The molecule has 0 saturated heterocycles. The molecule has 0 amide bonds. The van der Waals surface area contributed by atoms with Gasteiger partial charge in [0.05, 0.1) is 52.9 Å². The Bertz CT molecular complexity index is 263. The van der Waals surface area contributed by atoms with E-state index in [1.54, 1.807) is 14.2 Å². The maximum absolute atomic E-state index is 9.95. The Kier molecular flexibility index (Phi) is 29.8. The topological polar surface area (TPSA) is 130 Å². The number of rotatable bonds is 16. The zero-order valence-electron chi connectivity index (χ0n) is 14.9. The summed E-state index contributed by atoms with van der Waals surface area (Å²) in [7, 11) is 3.18. The molecule has 0 aliphatic heterocycles. The molecule has 0 spiro atoms. The van der Waals surface area contributed by atoms with Crippen molar-refractivity contribution in [1.82, 2.24) is 0 Å². The summed E-state index contributed by atoms with van der Waals surface area (Å²) in [6, 6.07) is 0. The normalized spacial score (nSPS) is 9.68. The fraction of sp³-hybridized carbons (Fsp3) is 0.857. The smallest absolute Gasteiger partial charge is 0.329 e. The summed E-state index contributed by atoms with van der Waals surface area (Å²) in [6.07, 6.45) is 0. The maximum atomic E-state index is 9.95. The molecule has 0 saturated carbocycles. The first-order chi connectivity index (χ1) is 11.5. The third-order valence-corrected chi connectivity index (χ3v) is 2.06. The number of hydrogen-bond donors (Lipinski definition) is 2. The van der Waals surface area contributed by atoms with Crippen molar-refractivity contribution >= 4 is 11.9 Å². The van der Waals surface area contributed by atoms with Crippen molar-refractivity contribution in [2.75, 3.05) is 80.3 Å². The van der Waals surface area contributed by atoms with Gasteiger partial charge in [-0.25, -0.2) is 9.59 Å². The summed E-state index contributed by atoms with van der Waals surface area (Å²) in [6.45, 7) is 2.96. The van der Waals surface area contributed by atoms with Crippen LogP contribution in [0, 0.1) is 0 Å². The van der Waals surface area contributed by atoms with Gasteiger partial charge in [0.25, 0.3) is 0 Å². The summed E-state index contributed by atoms with van der Waals surface area (Å²) in [5, 5.41) is 16.3. The number of carbonyl (C=O) groups is 2. The van der Waals surface area contributed by atoms with Crippen molar-refractivity contribution in [3.63, 3.8) is 0 Å². The van der Waals surface area contributed by atoms with Crippen LogP contribution in [0.25, 0.3) is 0 Å². The van der Waals surface area contributed by atoms with Crippen LogP contribution in [0.2, 0.25) is 0 Å². The minimum atomic E-state index is -0.966. The van der Waals surface area contributed by atoms with Crippen molar-refractivity contribution in [1.29, 1.82) is 0 Å². The molecule has 146 valence electrons. The molecule has 0 radical (unpaired) electrons. The van der Waals surface area contributed by atoms with Gasteiger partial charge in [0.15, 0.2) is 0 Å². The molecule has 0 aromatic heterocycles. The fourth-order valence-electron chi connectivity index (χ4n) is 1.04. The molecular weight excluding hydrogens is 394 g/mol. The molecule has 0 aromatic rings. The zero-order valence-corrected chi connectivity index (χ0v) is 17.9. The molecular formula is C14H28O10Zn. The first kappa shape index (κ1) is 29.1. The molecule has 0 rings (SSSR count). The number of methoxy groups -OCH3 is 2. The quantitative estimate of drug-likeness (QED) is 0.248. The maximum Gasteiger partial charge on any atom is 0.329 e. The molecule has 0 atom stereocenters. The number of carboxylic acids is 2. The van der Waals surface area contributed by atoms with Gasteiger partial charge < -0.3 is 38.6 Å². The average molecular weight is 422 g/mol. The van der Waals surface area contributed by atoms with Crippen molar-refractivity contribution in [3.05, 3.63) is 0 Å². The Morgan fingerprint density at radius 3 is 1.16 bits per heavy atom. The van der Waals surface area contributed by atoms with Crippen LogP contribution in [-0.2, 0) is 57.5 Å². The van der Waals surface area contributed by atoms with Crippen molar-refractivity contribution in [2.45, 2.75) is 0 Å². The Balaban J connectivity index is -0.000000372. The largest absolute Gasteiger partial charge is 0.480 e. The SMILES string of the molecule is COCCOCCOCC(=O)O.COCCOCCOCC(=O)O.[Zn]. The molecule has 0 heterocycles. The van der Waals surface area contributed by atoms with Crippen LogP contribution >= 0.6 is 0 Å². The third kappa shape index (κ3) is 35.3. The van der Waals surface area contributed by atoms with Gasteiger partial charge in [0, 0.05) is 33.7 Å². The standard InChI is InChI=1S/2C7H14O5.Zn/c2*1-10-2-3-11-4-5-12-6-7(8)9;/h2*2-6H2,1H3,(H,8,9);. The van der Waals surface area contributed by atoms with Crippen molar-refractivity contribution in [3.8, 4) is 0 Å². The predicted molar refractivity (Wildman–Crippen MR) is 82.3 cm³/mol. The van der Waals surface area contributed by atoms with Gasteiger partial charge in [-0.2, -0.15) is 0 Å². The second-order valence-corrected chi connectivity index (χ2v) is 4.10. The first-order valence-corrected chi connectivity index (χ1v) is 7.27. The first-order valence-electron chi connectivity index (χ1n) is 7.27. The molecule has 0 fully saturated rings. The third-order valence-electron chi connectivity index (χ3n) is 2.06. The zero-order chi connectivity index (χ0) is 18.5. The molecule has 25 heavy (non-hydrogen) atoms. The summed E-state index contributed by atoms with van der Waals surface area (Å²) >= 11 is 0. The van der Waals surface area contributed by atoms with Crippen LogP contribution < -0.4 is 0 Å². The molecule has 0 aromatic carbocycles. The molecule has 0 unspecified atom stereocenters. The Morgan fingerprint density at radius 1 is 0.600 bits per heavy atom. The van der Waals surface area contributed by atoms with E-state index in [2.05, 4.69) is 0 Å². The van der Waals surface area contributed by atoms with Gasteiger partial charge >= 0.3 is 11.9 Å². The van der Waals surface area contributed by atoms with Gasteiger partial charge in [0.2, 0.25) is 0 Å². The fourth-order valence-corrected chi connectivity index (χ4v) is 1.04. The van der Waals surface area contributed by atoms with Crippen molar-refractivity contribution < 1.29 is 67.7 Å². The second kappa shape index (κ2) is 25.6. The Morgan fingerprint density at radius 2 is 0.880 bits per heavy atom. The molecule has 11 heteroatoms. The minimum Gasteiger partial charge on any atom is -0.480 e. The van der Waals surface area contributed by atoms with E-state index < -0.39 is 11.9 Å². The molecule has 0 bridgehead atoms. The average Bonchev–Trinajstić information content (AvgIpc) is 2.53. The van der Waals surface area contributed by atoms with Crippen LogP contribution in [-0.4, -0.2) is 102 Å². The van der Waals surface area contributed by atoms with E-state index in [9.17, 15) is 9.59 Å². The van der Waals surface area contributed by atoms with E-state index in [-0.39, 0.29) is 32.7 Å². The van der Waals surface area contributed by atoms with E-state index in [1.165, 1.54) is 0 Å². The van der Waals surface area contributed by atoms with Crippen LogP contribution in [0.3, 0.4) is 0 Å². The summed E-state index contributed by atoms with van der Waals surface area (Å²) < 4.78 is 28.9. The van der Waals surface area contributed by atoms with Gasteiger partial charge in [0.1, 0.15) is 13.2 Å². The van der Waals surface area contributed by atoms with Crippen molar-refractivity contribution in [2.24, 2.45) is 0 Å². The van der Waals surface area contributed by atoms with E-state index in [4.69, 9.17) is 38.6 Å².